The van der Waals surface area contributed by atoms with Gasteiger partial charge in [0, 0.05) is 29.1 Å². The fourth-order valence-electron chi connectivity index (χ4n) is 2.24. The Morgan fingerprint density at radius 2 is 1.94 bits per heavy atom. The van der Waals surface area contributed by atoms with E-state index in [1.54, 1.807) is 0 Å². The number of H-pyrrole nitrogens is 1. The number of hydrogen-bond acceptors (Lipinski definition) is 1. The van der Waals surface area contributed by atoms with Crippen molar-refractivity contribution in [3.05, 3.63) is 36.0 Å². The van der Waals surface area contributed by atoms with Gasteiger partial charge in [0.15, 0.2) is 0 Å². The molecule has 1 fully saturated rings. The minimum atomic E-state index is 0.291. The highest BCUT2D eigenvalue weighted by molar-refractivity contribution is 5.84. The number of aromatic nitrogens is 1. The van der Waals surface area contributed by atoms with Crippen LogP contribution in [-0.4, -0.2) is 11.5 Å². The lowest BCUT2D eigenvalue weighted by molar-refractivity contribution is 0.711. The SMILES string of the molecule is CC.NCC1(c2c[nH]c3ccccc23)CC1. The predicted molar refractivity (Wildman–Crippen MR) is 69.6 cm³/mol. The fraction of sp³-hybridized carbons (Fsp3) is 0.429. The number of hydrogen-bond donors (Lipinski definition) is 2. The van der Waals surface area contributed by atoms with Crippen LogP contribution >= 0.6 is 0 Å². The first-order valence-corrected chi connectivity index (χ1v) is 6.12. The summed E-state index contributed by atoms with van der Waals surface area (Å²) in [5.41, 5.74) is 8.77. The van der Waals surface area contributed by atoms with Gasteiger partial charge in [-0.1, -0.05) is 32.0 Å². The first-order chi connectivity index (χ1) is 7.86. The first-order valence-electron chi connectivity index (χ1n) is 6.12. The molecule has 16 heavy (non-hydrogen) atoms. The van der Waals surface area contributed by atoms with Crippen molar-refractivity contribution in [2.45, 2.75) is 32.1 Å². The number of fused-ring (bicyclic) bond motifs is 1. The zero-order valence-corrected chi connectivity index (χ0v) is 10.1. The zero-order chi connectivity index (χ0) is 11.6. The Bertz CT molecular complexity index is 466. The lowest BCUT2D eigenvalue weighted by Crippen LogP contribution is -2.19. The Morgan fingerprint density at radius 3 is 2.56 bits per heavy atom. The molecule has 1 aromatic carbocycles. The Balaban J connectivity index is 0.000000457. The fourth-order valence-corrected chi connectivity index (χ4v) is 2.24. The van der Waals surface area contributed by atoms with Crippen LogP contribution in [-0.2, 0) is 5.41 Å². The van der Waals surface area contributed by atoms with Gasteiger partial charge in [0.05, 0.1) is 0 Å². The third-order valence-corrected chi connectivity index (χ3v) is 3.40. The van der Waals surface area contributed by atoms with E-state index in [1.807, 2.05) is 13.8 Å². The Morgan fingerprint density at radius 1 is 1.25 bits per heavy atom. The number of rotatable bonds is 2. The molecule has 2 nitrogen and oxygen atoms in total. The maximum atomic E-state index is 5.84. The van der Waals surface area contributed by atoms with Crippen LogP contribution in [0.2, 0.25) is 0 Å². The highest BCUT2D eigenvalue weighted by Gasteiger charge is 2.44. The summed E-state index contributed by atoms with van der Waals surface area (Å²) in [6.45, 7) is 4.77. The molecule has 1 saturated carbocycles. The molecule has 0 bridgehead atoms. The molecule has 86 valence electrons. The monoisotopic (exact) mass is 216 g/mol. The smallest absolute Gasteiger partial charge is 0.0457 e. The number of para-hydroxylation sites is 1. The third-order valence-electron chi connectivity index (χ3n) is 3.40. The summed E-state index contributed by atoms with van der Waals surface area (Å²) < 4.78 is 0. The summed E-state index contributed by atoms with van der Waals surface area (Å²) in [7, 11) is 0. The van der Waals surface area contributed by atoms with Gasteiger partial charge in [0.2, 0.25) is 0 Å². The number of benzene rings is 1. The second kappa shape index (κ2) is 4.30. The first kappa shape index (κ1) is 11.2. The molecule has 1 heterocycles. The van der Waals surface area contributed by atoms with Crippen molar-refractivity contribution < 1.29 is 0 Å². The molecular weight excluding hydrogens is 196 g/mol. The van der Waals surface area contributed by atoms with E-state index in [-0.39, 0.29) is 0 Å². The topological polar surface area (TPSA) is 41.8 Å². The third kappa shape index (κ3) is 1.63. The van der Waals surface area contributed by atoms with Gasteiger partial charge in [-0.25, -0.2) is 0 Å². The largest absolute Gasteiger partial charge is 0.361 e. The van der Waals surface area contributed by atoms with E-state index in [9.17, 15) is 0 Å². The predicted octanol–water partition coefficient (Wildman–Crippen LogP) is 3.18. The van der Waals surface area contributed by atoms with Crippen molar-refractivity contribution in [2.75, 3.05) is 6.54 Å². The van der Waals surface area contributed by atoms with E-state index in [0.29, 0.717) is 5.41 Å². The molecule has 0 unspecified atom stereocenters. The molecule has 2 heteroatoms. The molecule has 0 radical (unpaired) electrons. The molecule has 1 aliphatic carbocycles. The van der Waals surface area contributed by atoms with Crippen LogP contribution < -0.4 is 5.73 Å². The summed E-state index contributed by atoms with van der Waals surface area (Å²) in [6, 6.07) is 8.44. The number of aromatic amines is 1. The maximum absolute atomic E-state index is 5.84. The Labute approximate surface area is 96.9 Å². The average Bonchev–Trinajstić information content (AvgIpc) is 3.04. The van der Waals surface area contributed by atoms with E-state index < -0.39 is 0 Å². The van der Waals surface area contributed by atoms with E-state index in [2.05, 4.69) is 35.4 Å². The van der Waals surface area contributed by atoms with Crippen LogP contribution in [0.4, 0.5) is 0 Å². The van der Waals surface area contributed by atoms with Gasteiger partial charge in [-0.15, -0.1) is 0 Å². The summed E-state index contributed by atoms with van der Waals surface area (Å²) in [5.74, 6) is 0. The second-order valence-electron chi connectivity index (χ2n) is 4.23. The van der Waals surface area contributed by atoms with Gasteiger partial charge >= 0.3 is 0 Å². The van der Waals surface area contributed by atoms with Gasteiger partial charge < -0.3 is 10.7 Å². The van der Waals surface area contributed by atoms with E-state index >= 15 is 0 Å². The van der Waals surface area contributed by atoms with Gasteiger partial charge in [-0.05, 0) is 24.5 Å². The van der Waals surface area contributed by atoms with Crippen LogP contribution in [0.1, 0.15) is 32.3 Å². The van der Waals surface area contributed by atoms with Gasteiger partial charge in [0.1, 0.15) is 0 Å². The second-order valence-corrected chi connectivity index (χ2v) is 4.23. The summed E-state index contributed by atoms with van der Waals surface area (Å²) in [4.78, 5) is 3.31. The molecule has 0 amide bonds. The molecular formula is C14H20N2. The van der Waals surface area contributed by atoms with Crippen molar-refractivity contribution in [3.8, 4) is 0 Å². The lowest BCUT2D eigenvalue weighted by Gasteiger charge is -2.10. The summed E-state index contributed by atoms with van der Waals surface area (Å²) in [5, 5.41) is 1.34. The molecule has 0 atom stereocenters. The van der Waals surface area contributed by atoms with E-state index in [4.69, 9.17) is 5.73 Å². The molecule has 1 aromatic heterocycles. The zero-order valence-electron chi connectivity index (χ0n) is 10.1. The summed E-state index contributed by atoms with van der Waals surface area (Å²) >= 11 is 0. The molecule has 3 N–H and O–H groups in total. The quantitative estimate of drug-likeness (QED) is 0.795. The van der Waals surface area contributed by atoms with Crippen molar-refractivity contribution in [1.82, 2.24) is 4.98 Å². The normalized spacial score (nSPS) is 16.7. The Hall–Kier alpha value is -1.28. The van der Waals surface area contributed by atoms with Crippen LogP contribution in [0.15, 0.2) is 30.5 Å². The lowest BCUT2D eigenvalue weighted by atomic mass is 9.96. The molecule has 0 saturated heterocycles. The van der Waals surface area contributed by atoms with Gasteiger partial charge in [0.25, 0.3) is 0 Å². The van der Waals surface area contributed by atoms with Crippen LogP contribution in [0.3, 0.4) is 0 Å². The van der Waals surface area contributed by atoms with Gasteiger partial charge in [-0.2, -0.15) is 0 Å². The van der Waals surface area contributed by atoms with E-state index in [1.165, 1.54) is 29.3 Å². The number of nitrogens with two attached hydrogens (primary N) is 1. The maximum Gasteiger partial charge on any atom is 0.0457 e. The number of nitrogens with one attached hydrogen (secondary N) is 1. The molecule has 3 rings (SSSR count). The summed E-state index contributed by atoms with van der Waals surface area (Å²) in [6.07, 6.45) is 4.61. The van der Waals surface area contributed by atoms with Crippen molar-refractivity contribution in [1.29, 1.82) is 0 Å². The molecule has 0 spiro atoms. The highest BCUT2D eigenvalue weighted by atomic mass is 14.7. The van der Waals surface area contributed by atoms with Crippen LogP contribution in [0, 0.1) is 0 Å². The van der Waals surface area contributed by atoms with Crippen LogP contribution in [0.25, 0.3) is 10.9 Å². The van der Waals surface area contributed by atoms with Crippen LogP contribution in [0.5, 0.6) is 0 Å². The van der Waals surface area contributed by atoms with Crippen molar-refractivity contribution in [3.63, 3.8) is 0 Å². The van der Waals surface area contributed by atoms with Crippen molar-refractivity contribution >= 4 is 10.9 Å². The van der Waals surface area contributed by atoms with E-state index in [0.717, 1.165) is 6.54 Å². The van der Waals surface area contributed by atoms with Crippen molar-refractivity contribution in [2.24, 2.45) is 5.73 Å². The average molecular weight is 216 g/mol. The minimum Gasteiger partial charge on any atom is -0.361 e. The molecule has 1 aliphatic rings. The minimum absolute atomic E-state index is 0.291. The molecule has 0 aliphatic heterocycles. The van der Waals surface area contributed by atoms with Gasteiger partial charge in [-0.3, -0.25) is 0 Å². The molecule has 2 aromatic rings. The Kier molecular flexibility index (Phi) is 3.01. The standard InChI is InChI=1S/C12H14N2.C2H6/c13-8-12(5-6-12)10-7-14-11-4-2-1-3-9(10)11;1-2/h1-4,7,14H,5-6,8,13H2;1-2H3. The highest BCUT2D eigenvalue weighted by Crippen LogP contribution is 2.49.